The lowest BCUT2D eigenvalue weighted by Gasteiger charge is -2.09. The van der Waals surface area contributed by atoms with Crippen molar-refractivity contribution >= 4 is 6.03 Å². The van der Waals surface area contributed by atoms with Crippen LogP contribution >= 0.6 is 0 Å². The Labute approximate surface area is 70.7 Å². The molecule has 0 bridgehead atoms. The van der Waals surface area contributed by atoms with Crippen molar-refractivity contribution in [3.63, 3.8) is 0 Å². The number of rotatable bonds is 2. The number of ether oxygens (including phenoxy) is 1. The molecule has 1 fully saturated rings. The number of nitrogens with one attached hydrogen (secondary N) is 2. The molecule has 0 radical (unpaired) electrons. The van der Waals surface area contributed by atoms with Gasteiger partial charge in [-0.15, -0.1) is 0 Å². The molecule has 0 aliphatic carbocycles. The summed E-state index contributed by atoms with van der Waals surface area (Å²) in [5.41, 5.74) is 0. The third-order valence-corrected chi connectivity index (χ3v) is 1.59. The quantitative estimate of drug-likeness (QED) is 0.552. The zero-order valence-electron chi connectivity index (χ0n) is 6.67. The fourth-order valence-electron chi connectivity index (χ4n) is 1.00. The molecule has 1 unspecified atom stereocenters. The van der Waals surface area contributed by atoms with Gasteiger partial charge in [0.25, 0.3) is 0 Å². The van der Waals surface area contributed by atoms with Crippen molar-refractivity contribution in [1.29, 1.82) is 5.26 Å². The van der Waals surface area contributed by atoms with Crippen LogP contribution in [0.25, 0.3) is 0 Å². The van der Waals surface area contributed by atoms with Crippen LogP contribution in [0.3, 0.4) is 0 Å². The molecule has 0 saturated carbocycles. The summed E-state index contributed by atoms with van der Waals surface area (Å²) in [6, 6.07) is 1.62. The standard InChI is InChI=1S/C7H11N3O2/c8-2-3-9-7(11)10-6-1-4-12-5-6/h6H,1,3-5H2,(H2,9,10,11). The Bertz CT molecular complexity index is 193. The van der Waals surface area contributed by atoms with Crippen molar-refractivity contribution in [2.24, 2.45) is 0 Å². The molecule has 1 aliphatic rings. The van der Waals surface area contributed by atoms with Crippen molar-refractivity contribution in [2.45, 2.75) is 12.5 Å². The summed E-state index contributed by atoms with van der Waals surface area (Å²) in [5.74, 6) is 0. The highest BCUT2D eigenvalue weighted by molar-refractivity contribution is 5.74. The normalized spacial score (nSPS) is 21.4. The Hall–Kier alpha value is -1.28. The Kier molecular flexibility index (Phi) is 3.35. The molecule has 0 aromatic carbocycles. The van der Waals surface area contributed by atoms with Gasteiger partial charge in [0.05, 0.1) is 18.7 Å². The summed E-state index contributed by atoms with van der Waals surface area (Å²) in [4.78, 5) is 10.9. The molecular weight excluding hydrogens is 158 g/mol. The van der Waals surface area contributed by atoms with Crippen molar-refractivity contribution in [2.75, 3.05) is 19.8 Å². The van der Waals surface area contributed by atoms with Gasteiger partial charge in [-0.05, 0) is 6.42 Å². The molecule has 5 nitrogen and oxygen atoms in total. The highest BCUT2D eigenvalue weighted by atomic mass is 16.5. The van der Waals surface area contributed by atoms with E-state index in [-0.39, 0.29) is 18.6 Å². The molecule has 2 amide bonds. The van der Waals surface area contributed by atoms with E-state index >= 15 is 0 Å². The first kappa shape index (κ1) is 8.81. The largest absolute Gasteiger partial charge is 0.379 e. The van der Waals surface area contributed by atoms with Crippen LogP contribution in [0.4, 0.5) is 4.79 Å². The molecule has 1 heterocycles. The Morgan fingerprint density at radius 2 is 2.58 bits per heavy atom. The molecule has 1 saturated heterocycles. The minimum atomic E-state index is -0.299. The molecule has 1 rings (SSSR count). The first-order valence-corrected chi connectivity index (χ1v) is 3.82. The maximum Gasteiger partial charge on any atom is 0.315 e. The second kappa shape index (κ2) is 4.57. The Balaban J connectivity index is 2.13. The lowest BCUT2D eigenvalue weighted by molar-refractivity contribution is 0.188. The molecule has 5 heteroatoms. The van der Waals surface area contributed by atoms with Gasteiger partial charge in [0.1, 0.15) is 6.54 Å². The molecule has 0 spiro atoms. The average molecular weight is 169 g/mol. The van der Waals surface area contributed by atoms with Gasteiger partial charge in [-0.25, -0.2) is 4.79 Å². The smallest absolute Gasteiger partial charge is 0.315 e. The number of nitriles is 1. The fourth-order valence-corrected chi connectivity index (χ4v) is 1.00. The number of hydrogen-bond acceptors (Lipinski definition) is 3. The molecule has 0 aromatic heterocycles. The van der Waals surface area contributed by atoms with Crippen molar-refractivity contribution in [3.05, 3.63) is 0 Å². The van der Waals surface area contributed by atoms with E-state index in [1.807, 2.05) is 6.07 Å². The van der Waals surface area contributed by atoms with E-state index in [2.05, 4.69) is 10.6 Å². The highest BCUT2D eigenvalue weighted by Gasteiger charge is 2.16. The lowest BCUT2D eigenvalue weighted by Crippen LogP contribution is -2.42. The SMILES string of the molecule is N#CCNC(=O)NC1CCOC1. The Morgan fingerprint density at radius 1 is 1.75 bits per heavy atom. The maximum atomic E-state index is 10.9. The monoisotopic (exact) mass is 169 g/mol. The summed E-state index contributed by atoms with van der Waals surface area (Å²) in [5, 5.41) is 13.2. The number of nitrogens with zero attached hydrogens (tertiary/aromatic N) is 1. The van der Waals surface area contributed by atoms with Gasteiger partial charge in [-0.2, -0.15) is 5.26 Å². The van der Waals surface area contributed by atoms with E-state index < -0.39 is 0 Å². The number of urea groups is 1. The number of hydrogen-bond donors (Lipinski definition) is 2. The van der Waals surface area contributed by atoms with E-state index in [1.165, 1.54) is 0 Å². The zero-order chi connectivity index (χ0) is 8.81. The van der Waals surface area contributed by atoms with Gasteiger partial charge in [0, 0.05) is 6.61 Å². The average Bonchev–Trinajstić information content (AvgIpc) is 2.53. The van der Waals surface area contributed by atoms with Gasteiger partial charge in [0.2, 0.25) is 0 Å². The maximum absolute atomic E-state index is 10.9. The van der Waals surface area contributed by atoms with Crippen LogP contribution in [0.1, 0.15) is 6.42 Å². The van der Waals surface area contributed by atoms with Gasteiger partial charge >= 0.3 is 6.03 Å². The van der Waals surface area contributed by atoms with E-state index in [1.54, 1.807) is 0 Å². The predicted octanol–water partition coefficient (Wildman–Crippen LogP) is -0.402. The summed E-state index contributed by atoms with van der Waals surface area (Å²) in [7, 11) is 0. The van der Waals surface area contributed by atoms with E-state index in [9.17, 15) is 4.79 Å². The van der Waals surface area contributed by atoms with Gasteiger partial charge < -0.3 is 15.4 Å². The van der Waals surface area contributed by atoms with E-state index in [0.717, 1.165) is 6.42 Å². The highest BCUT2D eigenvalue weighted by Crippen LogP contribution is 2.02. The summed E-state index contributed by atoms with van der Waals surface area (Å²) in [6.45, 7) is 1.31. The van der Waals surface area contributed by atoms with Crippen LogP contribution in [0.5, 0.6) is 0 Å². The molecule has 1 atom stereocenters. The van der Waals surface area contributed by atoms with Gasteiger partial charge in [-0.3, -0.25) is 0 Å². The number of carbonyl (C=O) groups excluding carboxylic acids is 1. The predicted molar refractivity (Wildman–Crippen MR) is 41.4 cm³/mol. The van der Waals surface area contributed by atoms with Crippen molar-refractivity contribution in [1.82, 2.24) is 10.6 Å². The first-order valence-electron chi connectivity index (χ1n) is 3.82. The minimum absolute atomic E-state index is 0.0411. The van der Waals surface area contributed by atoms with Crippen molar-refractivity contribution in [3.8, 4) is 6.07 Å². The van der Waals surface area contributed by atoms with Crippen molar-refractivity contribution < 1.29 is 9.53 Å². The molecule has 0 aromatic rings. The molecule has 1 aliphatic heterocycles. The van der Waals surface area contributed by atoms with Crippen LogP contribution < -0.4 is 10.6 Å². The summed E-state index contributed by atoms with van der Waals surface area (Å²) < 4.78 is 5.05. The second-order valence-electron chi connectivity index (χ2n) is 2.55. The van der Waals surface area contributed by atoms with Crippen LogP contribution in [0, 0.1) is 11.3 Å². The molecule has 12 heavy (non-hydrogen) atoms. The number of carbonyl (C=O) groups is 1. The Morgan fingerprint density at radius 3 is 3.17 bits per heavy atom. The van der Waals surface area contributed by atoms with Crippen LogP contribution in [-0.2, 0) is 4.74 Å². The first-order chi connectivity index (χ1) is 5.83. The van der Waals surface area contributed by atoms with Crippen LogP contribution in [-0.4, -0.2) is 31.8 Å². The third kappa shape index (κ3) is 2.76. The molecular formula is C7H11N3O2. The van der Waals surface area contributed by atoms with Crippen LogP contribution in [0.2, 0.25) is 0 Å². The zero-order valence-corrected chi connectivity index (χ0v) is 6.67. The molecule has 2 N–H and O–H groups in total. The summed E-state index contributed by atoms with van der Waals surface area (Å²) >= 11 is 0. The van der Waals surface area contributed by atoms with E-state index in [4.69, 9.17) is 10.00 Å². The topological polar surface area (TPSA) is 74.2 Å². The van der Waals surface area contributed by atoms with Gasteiger partial charge in [-0.1, -0.05) is 0 Å². The van der Waals surface area contributed by atoms with Crippen LogP contribution in [0.15, 0.2) is 0 Å². The van der Waals surface area contributed by atoms with Gasteiger partial charge in [0.15, 0.2) is 0 Å². The fraction of sp³-hybridized carbons (Fsp3) is 0.714. The lowest BCUT2D eigenvalue weighted by atomic mass is 10.3. The minimum Gasteiger partial charge on any atom is -0.379 e. The molecule has 66 valence electrons. The summed E-state index contributed by atoms with van der Waals surface area (Å²) in [6.07, 6.45) is 0.847. The number of amides is 2. The third-order valence-electron chi connectivity index (χ3n) is 1.59. The van der Waals surface area contributed by atoms with E-state index in [0.29, 0.717) is 13.2 Å². The second-order valence-corrected chi connectivity index (χ2v) is 2.55.